The molecule has 0 amide bonds. The smallest absolute Gasteiger partial charge is 0.252 e. The van der Waals surface area contributed by atoms with E-state index in [9.17, 15) is 35.6 Å². The third kappa shape index (κ3) is 17.4. The molecule has 2 aliphatic rings. The summed E-state index contributed by atoms with van der Waals surface area (Å²) in [5, 5.41) is 1.24. The van der Waals surface area contributed by atoms with Crippen LogP contribution in [0.4, 0.5) is 34.1 Å². The molecule has 0 saturated carbocycles. The molecule has 5 heteroatoms. The summed E-state index contributed by atoms with van der Waals surface area (Å²) < 4.78 is 285. The largest absolute Gasteiger partial charge is 0.310 e. The molecule has 2 aliphatic heterocycles. The van der Waals surface area contributed by atoms with Crippen LogP contribution < -0.4 is 26.2 Å². The van der Waals surface area contributed by atoms with E-state index in [4.69, 9.17) is 0 Å². The van der Waals surface area contributed by atoms with Crippen LogP contribution in [0.1, 0.15) is 352 Å². The minimum Gasteiger partial charge on any atom is -0.310 e. The van der Waals surface area contributed by atoms with Gasteiger partial charge in [-0.1, -0.05) is 413 Å². The molecule has 702 valence electrons. The quantitative estimate of drug-likeness (QED) is 0.134. The highest BCUT2D eigenvalue weighted by Crippen LogP contribution is 2.59. The van der Waals surface area contributed by atoms with Gasteiger partial charge >= 0.3 is 0 Å². The van der Waals surface area contributed by atoms with Gasteiger partial charge in [0.05, 0.1) is 69.1 Å². The molecule has 0 spiro atoms. The number of nitrogens with zero attached hydrogens (tertiary/aromatic N) is 4. The summed E-state index contributed by atoms with van der Waals surface area (Å²) in [4.78, 5) is 3.64. The summed E-state index contributed by atoms with van der Waals surface area (Å²) >= 11 is 0. The zero-order valence-corrected chi connectivity index (χ0v) is 87.7. The van der Waals surface area contributed by atoms with E-state index in [0.717, 1.165) is 44.1 Å². The van der Waals surface area contributed by atoms with Crippen molar-refractivity contribution in [3.63, 3.8) is 0 Å². The summed E-state index contributed by atoms with van der Waals surface area (Å²) in [5.74, 6) is 0. The number of anilines is 6. The van der Waals surface area contributed by atoms with Crippen LogP contribution in [0.5, 0.6) is 0 Å². The van der Waals surface area contributed by atoms with Crippen molar-refractivity contribution in [3.8, 4) is 67.0 Å². The van der Waals surface area contributed by atoms with E-state index in [2.05, 4.69) is 142 Å². The van der Waals surface area contributed by atoms with E-state index in [0.29, 0.717) is 22.3 Å². The monoisotopic (exact) mass is 1830 g/mol. The SMILES string of the molecule is [2H]c1c([2H])c(C(C)(C)C)c([2H])c([2H])c1-c1c([2H])c(C(C)(C)C)c([2H])c(-c2c([2H])c(C(C)(C)C)c([2H])c(C(C)(C)C)c2[2H])c1N1c2cc(-n3c4c([2H])c([2H])c([2H])c([2H])c4c4c([2H])c([2H])c([2H])c([2H])c43)ccc2B2c3ccc(-n4c5ccc(C(C)(C)C)cc5c5cc(C(C)(C)C)ccc54)cc3N(c3c(-c4c([2H])c([2H])c(C(C)(C)C)c([2H])c4[2H])c([2H])c(C(C)(C)C)c([2H])c3-c3c([2H])c([2H])c(C(C)(C)C)c([2H])c3C(C)(C)C)c3cc(-c4cc(C(C)(C)C)cc(C(C)(C)C)c4)cc1c32. The fourth-order valence-corrected chi connectivity index (χ4v) is 18.9. The Morgan fingerprint density at radius 3 is 0.927 bits per heavy atom. The Morgan fingerprint density at radius 2 is 0.547 bits per heavy atom. The first kappa shape index (κ1) is 68.4. The predicted octanol–water partition coefficient (Wildman–Crippen LogP) is 35.9. The molecule has 0 bridgehead atoms. The number of hydrogen-bond donors (Lipinski definition) is 0. The maximum atomic E-state index is 12.1. The van der Waals surface area contributed by atoms with E-state index >= 15 is 0 Å². The third-order valence-corrected chi connectivity index (χ3v) is 27.3. The lowest BCUT2D eigenvalue weighted by Gasteiger charge is -2.46. The maximum absolute atomic E-state index is 12.1. The normalized spacial score (nSPS) is 16.6. The lowest BCUT2D eigenvalue weighted by molar-refractivity contribution is 0.568. The van der Waals surface area contributed by atoms with E-state index in [1.807, 2.05) is 139 Å². The molecule has 18 rings (SSSR count). The Labute approximate surface area is 859 Å². The van der Waals surface area contributed by atoms with Gasteiger partial charge in [0, 0.05) is 77.9 Å². The number of benzene rings is 14. The molecule has 4 heterocycles. The Morgan fingerprint density at radius 1 is 0.212 bits per heavy atom. The summed E-state index contributed by atoms with van der Waals surface area (Å²) in [6.45, 7) is 68.2. The first-order valence-electron chi connectivity index (χ1n) is 61.6. The van der Waals surface area contributed by atoms with Gasteiger partial charge in [-0.15, -0.1) is 0 Å². The first-order valence-corrected chi connectivity index (χ1v) is 48.6. The Hall–Kier alpha value is -11.7. The van der Waals surface area contributed by atoms with Crippen molar-refractivity contribution in [1.29, 1.82) is 0 Å². The van der Waals surface area contributed by atoms with Crippen molar-refractivity contribution in [3.05, 3.63) is 327 Å². The topological polar surface area (TPSA) is 16.3 Å². The molecule has 0 N–H and O–H groups in total. The van der Waals surface area contributed by atoms with Crippen LogP contribution in [-0.2, 0) is 65.0 Å². The van der Waals surface area contributed by atoms with E-state index < -0.39 is 205 Å². The van der Waals surface area contributed by atoms with Gasteiger partial charge in [-0.3, -0.25) is 0 Å². The van der Waals surface area contributed by atoms with Crippen molar-refractivity contribution in [2.24, 2.45) is 0 Å². The number of rotatable bonds is 9. The lowest BCUT2D eigenvalue weighted by atomic mass is 9.33. The van der Waals surface area contributed by atoms with Gasteiger partial charge in [0.15, 0.2) is 0 Å². The zero-order chi connectivity index (χ0) is 122. The first-order chi connectivity index (χ1) is 74.4. The van der Waals surface area contributed by atoms with Crippen molar-refractivity contribution in [2.45, 2.75) is 314 Å². The highest BCUT2D eigenvalue weighted by molar-refractivity contribution is 7.00. The van der Waals surface area contributed by atoms with Crippen LogP contribution >= 0.6 is 0 Å². The Bertz CT molecular complexity index is 8930. The van der Waals surface area contributed by atoms with Crippen molar-refractivity contribution in [2.75, 3.05) is 9.80 Å². The van der Waals surface area contributed by atoms with Crippen molar-refractivity contribution in [1.82, 2.24) is 9.13 Å². The molecule has 0 saturated heterocycles. The number of para-hydroxylation sites is 2. The molecule has 0 atom stereocenters. The van der Waals surface area contributed by atoms with Gasteiger partial charge in [0.2, 0.25) is 0 Å². The van der Waals surface area contributed by atoms with Gasteiger partial charge in [-0.25, -0.2) is 0 Å². The average molecular weight is 1830 g/mol. The maximum Gasteiger partial charge on any atom is 0.252 e. The molecule has 14 aromatic carbocycles. The number of hydrogen-bond acceptors (Lipinski definition) is 2. The summed E-state index contributed by atoms with van der Waals surface area (Å²) in [5.41, 5.74) is -6.52. The van der Waals surface area contributed by atoms with Crippen LogP contribution in [0.15, 0.2) is 260 Å². The van der Waals surface area contributed by atoms with E-state index in [1.54, 1.807) is 85.4 Å². The van der Waals surface area contributed by atoms with Crippen LogP contribution in [0.25, 0.3) is 111 Å². The molecular formula is C132H151BN4. The lowest BCUT2D eigenvalue weighted by Crippen LogP contribution is -2.61. The number of aromatic nitrogens is 2. The molecule has 0 unspecified atom stereocenters. The molecule has 4 nitrogen and oxygen atoms in total. The molecule has 0 fully saturated rings. The highest BCUT2D eigenvalue weighted by atomic mass is 15.2. The van der Waals surface area contributed by atoms with Crippen LogP contribution in [0.2, 0.25) is 0 Å². The van der Waals surface area contributed by atoms with Crippen LogP contribution in [0, 0.1) is 0 Å². The second-order valence-electron chi connectivity index (χ2n) is 50.8. The second kappa shape index (κ2) is 32.5. The molecule has 0 aliphatic carbocycles. The van der Waals surface area contributed by atoms with Crippen molar-refractivity contribution >= 4 is 101 Å². The average Bonchev–Trinajstić information content (AvgIpc) is 0.988. The molecule has 2 aromatic heterocycles. The van der Waals surface area contributed by atoms with Gasteiger partial charge in [-0.05, 0) is 278 Å². The van der Waals surface area contributed by atoms with Crippen LogP contribution in [0.3, 0.4) is 0 Å². The standard InChI is InChI=1S/C132H151BN4/c1-121(2,3)85-49-45-80(46-50-85)101-73-94(130(28,29)30)75-103(84-65-92(128(22,23)24)70-93(66-84)129(25,26)27)119(101)136-114-78-96(134-110-43-39-37-41-99(110)100-42-38-40-44-111(100)134)56-59-108(114)133-109-60-57-97(135-112-61-54-87(123(7,8)9)71-104(112)105-72-88(124(10,11)12)55-62-113(105)135)79-115(109)137(117-68-83(67-116(136)118(117)133)82-63-90(126(16,17)18)69-91(64-82)127(19,20)21)120-102(81-47-51-86(52-48-81)122(4,5)6)74-95(131(31,32)33)76-106(120)98-58-53-89(125(13,14)15)77-107(98)132(34,35)36/h37-79H,1-36H3/i37D,38D,39D,40D,41D,42D,43D,44D,45D,46D,47D,48D,49D,50D,51D,52D,53D,58D,65D,66D,70D,73D,74D,75D,76D,77D. The fourth-order valence-electron chi connectivity index (χ4n) is 18.9. The van der Waals surface area contributed by atoms with Gasteiger partial charge < -0.3 is 18.9 Å². The van der Waals surface area contributed by atoms with E-state index in [1.165, 1.54) is 4.57 Å². The van der Waals surface area contributed by atoms with Crippen molar-refractivity contribution < 1.29 is 35.6 Å². The Balaban J connectivity index is 1.25. The molecule has 16 aromatic rings. The predicted molar refractivity (Wildman–Crippen MR) is 601 cm³/mol. The fraction of sp³-hybridized carbons (Fsp3) is 0.364. The Kier molecular flexibility index (Phi) is 16.2. The second-order valence-corrected chi connectivity index (χ2v) is 50.8. The van der Waals surface area contributed by atoms with Gasteiger partial charge in [0.1, 0.15) is 0 Å². The van der Waals surface area contributed by atoms with Gasteiger partial charge in [0.25, 0.3) is 6.71 Å². The minimum atomic E-state index is -1.37. The molecule has 137 heavy (non-hydrogen) atoms. The molecule has 0 radical (unpaired) electrons. The minimum absolute atomic E-state index is 0.00393. The highest BCUT2D eigenvalue weighted by Gasteiger charge is 2.48. The number of fused-ring (bicyclic) bond motifs is 10. The third-order valence-electron chi connectivity index (χ3n) is 27.3. The molecular weight excluding hydrogens is 1650 g/mol. The summed E-state index contributed by atoms with van der Waals surface area (Å²) in [6, 6.07) is 20.7. The summed E-state index contributed by atoms with van der Waals surface area (Å²) in [7, 11) is 0. The van der Waals surface area contributed by atoms with Crippen LogP contribution in [-0.4, -0.2) is 15.8 Å². The zero-order valence-electron chi connectivity index (χ0n) is 114. The summed E-state index contributed by atoms with van der Waals surface area (Å²) in [6.07, 6.45) is 0. The van der Waals surface area contributed by atoms with Gasteiger partial charge in [-0.2, -0.15) is 0 Å². The van der Waals surface area contributed by atoms with E-state index in [-0.39, 0.29) is 185 Å².